The second-order valence-electron chi connectivity index (χ2n) is 3.94. The second-order valence-corrected chi connectivity index (χ2v) is 3.94. The fourth-order valence-corrected chi connectivity index (χ4v) is 2.14. The molecule has 1 N–H and O–H groups in total. The number of aryl methyl sites for hydroxylation is 1. The van der Waals surface area contributed by atoms with Crippen molar-refractivity contribution in [2.24, 2.45) is 0 Å². The Bertz CT molecular complexity index is 357. The van der Waals surface area contributed by atoms with Crippen LogP contribution in [0.1, 0.15) is 36.9 Å². The molecule has 0 saturated carbocycles. The Morgan fingerprint density at radius 1 is 1.40 bits per heavy atom. The highest BCUT2D eigenvalue weighted by Crippen LogP contribution is 2.29. The van der Waals surface area contributed by atoms with Gasteiger partial charge in [0.1, 0.15) is 11.6 Å². The van der Waals surface area contributed by atoms with E-state index in [1.54, 1.807) is 0 Å². The Morgan fingerprint density at radius 3 is 2.80 bits per heavy atom. The Labute approximate surface area is 88.5 Å². The maximum Gasteiger partial charge on any atom is 0.134 e. The lowest BCUT2D eigenvalue weighted by atomic mass is 10.00. The molecule has 0 radical (unpaired) electrons. The minimum Gasteiger partial charge on any atom is -0.310 e. The van der Waals surface area contributed by atoms with Crippen LogP contribution >= 0.6 is 0 Å². The summed E-state index contributed by atoms with van der Waals surface area (Å²) in [6.07, 6.45) is 2.41. The summed E-state index contributed by atoms with van der Waals surface area (Å²) in [5.41, 5.74) is 0.826. The topological polar surface area (TPSA) is 12.0 Å². The van der Waals surface area contributed by atoms with Gasteiger partial charge in [-0.05, 0) is 37.4 Å². The van der Waals surface area contributed by atoms with Gasteiger partial charge in [0.25, 0.3) is 0 Å². The first kappa shape index (κ1) is 10.6. The van der Waals surface area contributed by atoms with Gasteiger partial charge in [-0.25, -0.2) is 8.78 Å². The third-order valence-corrected chi connectivity index (χ3v) is 3.00. The van der Waals surface area contributed by atoms with Crippen LogP contribution in [0.25, 0.3) is 0 Å². The Kier molecular flexibility index (Phi) is 3.00. The molecule has 0 amide bonds. The summed E-state index contributed by atoms with van der Waals surface area (Å²) >= 11 is 0. The zero-order valence-electron chi connectivity index (χ0n) is 8.82. The van der Waals surface area contributed by atoms with Crippen molar-refractivity contribution >= 4 is 0 Å². The van der Waals surface area contributed by atoms with Crippen molar-refractivity contribution in [2.45, 2.75) is 32.2 Å². The number of halogens is 2. The third kappa shape index (κ3) is 1.88. The smallest absolute Gasteiger partial charge is 0.134 e. The lowest BCUT2D eigenvalue weighted by Gasteiger charge is -2.14. The minimum absolute atomic E-state index is 0.142. The van der Waals surface area contributed by atoms with Crippen LogP contribution in [0.15, 0.2) is 12.1 Å². The molecule has 1 aromatic rings. The molecule has 2 rings (SSSR count). The Hall–Kier alpha value is -0.960. The molecular weight excluding hydrogens is 196 g/mol. The average molecular weight is 211 g/mol. The summed E-state index contributed by atoms with van der Waals surface area (Å²) in [6, 6.07) is 2.76. The molecule has 1 aromatic carbocycles. The van der Waals surface area contributed by atoms with Crippen LogP contribution in [0.3, 0.4) is 0 Å². The summed E-state index contributed by atoms with van der Waals surface area (Å²) in [4.78, 5) is 0. The number of rotatable bonds is 2. The third-order valence-electron chi connectivity index (χ3n) is 3.00. The van der Waals surface area contributed by atoms with E-state index in [4.69, 9.17) is 0 Å². The standard InChI is InChI=1S/C12H15F2N/c1-2-8-5-6-9(13)11(12(8)14)10-4-3-7-15-10/h5-6,10,15H,2-4,7H2,1H3. The SMILES string of the molecule is CCc1ccc(F)c(C2CCCN2)c1F. The molecule has 1 fully saturated rings. The maximum atomic E-state index is 13.9. The van der Waals surface area contributed by atoms with Crippen molar-refractivity contribution in [3.8, 4) is 0 Å². The fraction of sp³-hybridized carbons (Fsp3) is 0.500. The van der Waals surface area contributed by atoms with Crippen molar-refractivity contribution in [1.29, 1.82) is 0 Å². The van der Waals surface area contributed by atoms with E-state index in [0.29, 0.717) is 12.0 Å². The van der Waals surface area contributed by atoms with Crippen molar-refractivity contribution < 1.29 is 8.78 Å². The van der Waals surface area contributed by atoms with E-state index in [1.165, 1.54) is 12.1 Å². The predicted octanol–water partition coefficient (Wildman–Crippen LogP) is 2.95. The second kappa shape index (κ2) is 4.27. The largest absolute Gasteiger partial charge is 0.310 e. The summed E-state index contributed by atoms with van der Waals surface area (Å²) < 4.78 is 27.4. The Morgan fingerprint density at radius 2 is 2.20 bits per heavy atom. The first-order valence-electron chi connectivity index (χ1n) is 5.44. The van der Waals surface area contributed by atoms with Gasteiger partial charge in [-0.1, -0.05) is 13.0 Å². The van der Waals surface area contributed by atoms with Gasteiger partial charge in [0.15, 0.2) is 0 Å². The number of hydrogen-bond donors (Lipinski definition) is 1. The molecule has 82 valence electrons. The van der Waals surface area contributed by atoms with Crippen LogP contribution < -0.4 is 5.32 Å². The van der Waals surface area contributed by atoms with Crippen molar-refractivity contribution in [3.63, 3.8) is 0 Å². The van der Waals surface area contributed by atoms with E-state index < -0.39 is 5.82 Å². The maximum absolute atomic E-state index is 13.9. The zero-order valence-corrected chi connectivity index (χ0v) is 8.82. The van der Waals surface area contributed by atoms with Gasteiger partial charge in [0.05, 0.1) is 0 Å². The summed E-state index contributed by atoms with van der Waals surface area (Å²) in [6.45, 7) is 2.72. The Balaban J connectivity index is 2.43. The van der Waals surface area contributed by atoms with E-state index >= 15 is 0 Å². The van der Waals surface area contributed by atoms with Crippen LogP contribution in [-0.4, -0.2) is 6.54 Å². The molecule has 1 atom stereocenters. The van der Waals surface area contributed by atoms with Crippen LogP contribution in [-0.2, 0) is 6.42 Å². The highest BCUT2D eigenvalue weighted by molar-refractivity contribution is 5.30. The van der Waals surface area contributed by atoms with Gasteiger partial charge < -0.3 is 5.32 Å². The highest BCUT2D eigenvalue weighted by atomic mass is 19.1. The zero-order chi connectivity index (χ0) is 10.8. The number of hydrogen-bond acceptors (Lipinski definition) is 1. The number of nitrogens with one attached hydrogen (secondary N) is 1. The van der Waals surface area contributed by atoms with E-state index in [0.717, 1.165) is 19.4 Å². The molecule has 0 aromatic heterocycles. The number of benzene rings is 1. The van der Waals surface area contributed by atoms with Gasteiger partial charge >= 0.3 is 0 Å². The predicted molar refractivity (Wildman–Crippen MR) is 55.7 cm³/mol. The van der Waals surface area contributed by atoms with Crippen LogP contribution in [0, 0.1) is 11.6 Å². The molecule has 0 aliphatic carbocycles. The molecule has 0 spiro atoms. The van der Waals surface area contributed by atoms with E-state index in [2.05, 4.69) is 5.32 Å². The molecular formula is C12H15F2N. The van der Waals surface area contributed by atoms with Gasteiger partial charge in [-0.2, -0.15) is 0 Å². The van der Waals surface area contributed by atoms with Gasteiger partial charge in [0.2, 0.25) is 0 Å². The van der Waals surface area contributed by atoms with Crippen molar-refractivity contribution in [1.82, 2.24) is 5.32 Å². The van der Waals surface area contributed by atoms with Crippen LogP contribution in [0.4, 0.5) is 8.78 Å². The van der Waals surface area contributed by atoms with Gasteiger partial charge in [-0.3, -0.25) is 0 Å². The van der Waals surface area contributed by atoms with E-state index in [1.807, 2.05) is 6.92 Å². The summed E-state index contributed by atoms with van der Waals surface area (Å²) in [5, 5.41) is 3.13. The molecule has 1 nitrogen and oxygen atoms in total. The normalized spacial score (nSPS) is 20.9. The first-order chi connectivity index (χ1) is 7.24. The van der Waals surface area contributed by atoms with E-state index in [-0.39, 0.29) is 17.4 Å². The van der Waals surface area contributed by atoms with Crippen LogP contribution in [0.5, 0.6) is 0 Å². The molecule has 3 heteroatoms. The monoisotopic (exact) mass is 211 g/mol. The van der Waals surface area contributed by atoms with Gasteiger partial charge in [-0.15, -0.1) is 0 Å². The quantitative estimate of drug-likeness (QED) is 0.793. The lowest BCUT2D eigenvalue weighted by Crippen LogP contribution is -2.16. The molecule has 1 heterocycles. The van der Waals surface area contributed by atoms with Crippen molar-refractivity contribution in [3.05, 3.63) is 34.9 Å². The van der Waals surface area contributed by atoms with Crippen LogP contribution in [0.2, 0.25) is 0 Å². The fourth-order valence-electron chi connectivity index (χ4n) is 2.14. The minimum atomic E-state index is -0.427. The van der Waals surface area contributed by atoms with Gasteiger partial charge in [0, 0.05) is 11.6 Å². The lowest BCUT2D eigenvalue weighted by molar-refractivity contribution is 0.501. The molecule has 1 saturated heterocycles. The average Bonchev–Trinajstić information content (AvgIpc) is 2.71. The highest BCUT2D eigenvalue weighted by Gasteiger charge is 2.24. The molecule has 0 bridgehead atoms. The molecule has 1 unspecified atom stereocenters. The molecule has 1 aliphatic heterocycles. The first-order valence-corrected chi connectivity index (χ1v) is 5.44. The van der Waals surface area contributed by atoms with Crippen molar-refractivity contribution in [2.75, 3.05) is 6.54 Å². The summed E-state index contributed by atoms with van der Waals surface area (Å²) in [7, 11) is 0. The molecule has 1 aliphatic rings. The molecule has 15 heavy (non-hydrogen) atoms. The summed E-state index contributed by atoms with van der Waals surface area (Å²) in [5.74, 6) is -0.791. The van der Waals surface area contributed by atoms with E-state index in [9.17, 15) is 8.78 Å².